The highest BCUT2D eigenvalue weighted by molar-refractivity contribution is 6.13. The maximum atomic E-state index is 13.0. The Morgan fingerprint density at radius 3 is 2.50 bits per heavy atom. The lowest BCUT2D eigenvalue weighted by Crippen LogP contribution is -2.48. The second-order valence-electron chi connectivity index (χ2n) is 7.81. The number of amides is 1. The number of rotatable bonds is 8. The third kappa shape index (κ3) is 5.76. The van der Waals surface area contributed by atoms with Gasteiger partial charge >= 0.3 is 6.61 Å². The van der Waals surface area contributed by atoms with Gasteiger partial charge in [-0.2, -0.15) is 8.78 Å². The van der Waals surface area contributed by atoms with Gasteiger partial charge in [-0.1, -0.05) is 6.92 Å². The third-order valence-electron chi connectivity index (χ3n) is 5.15. The van der Waals surface area contributed by atoms with Crippen LogP contribution in [0.1, 0.15) is 42.4 Å². The number of pyridine rings is 2. The number of hydrogen-bond acceptors (Lipinski definition) is 7. The second-order valence-corrected chi connectivity index (χ2v) is 7.81. The predicted octanol–water partition coefficient (Wildman–Crippen LogP) is 3.09. The first-order chi connectivity index (χ1) is 15.3. The third-order valence-corrected chi connectivity index (χ3v) is 5.15. The largest absolute Gasteiger partial charge is 0.433 e. The normalized spacial score (nSPS) is 14.7. The molecular formula is C22H28F2N6O2. The maximum absolute atomic E-state index is 13.0. The van der Waals surface area contributed by atoms with Crippen molar-refractivity contribution in [1.82, 2.24) is 19.8 Å². The number of alkyl halides is 2. The molecular weight excluding hydrogens is 418 g/mol. The lowest BCUT2D eigenvalue weighted by Gasteiger charge is -2.34. The molecule has 10 heteroatoms. The molecule has 0 bridgehead atoms. The molecule has 1 aliphatic rings. The van der Waals surface area contributed by atoms with Gasteiger partial charge in [0.1, 0.15) is 11.4 Å². The van der Waals surface area contributed by atoms with Crippen molar-refractivity contribution in [3.05, 3.63) is 47.5 Å². The van der Waals surface area contributed by atoms with Crippen LogP contribution in [0.5, 0.6) is 5.75 Å². The molecule has 1 amide bonds. The lowest BCUT2D eigenvalue weighted by molar-refractivity contribution is -0.0500. The zero-order valence-electron chi connectivity index (χ0n) is 18.4. The monoisotopic (exact) mass is 446 g/mol. The average molecular weight is 447 g/mol. The number of likely N-dealkylation sites (N-methyl/N-ethyl adjacent to an activating group) is 1. The zero-order chi connectivity index (χ0) is 23.3. The standard InChI is InChI=1S/C22H28F2N6O2/c1-4-29-5-7-30(8-6-29)21(31)16-10-18(28-14(2)3)20(27-12-16)19(25)15-9-17(13-26-11-15)32-22(23)24/h9-14,22,25,28H,4-8H2,1-3H3. The van der Waals surface area contributed by atoms with Gasteiger partial charge in [0.15, 0.2) is 0 Å². The van der Waals surface area contributed by atoms with Gasteiger partial charge in [-0.05, 0) is 32.5 Å². The Balaban J connectivity index is 1.87. The first-order valence-corrected chi connectivity index (χ1v) is 10.6. The van der Waals surface area contributed by atoms with Crippen LogP contribution in [0.2, 0.25) is 0 Å². The Morgan fingerprint density at radius 1 is 1.16 bits per heavy atom. The van der Waals surface area contributed by atoms with Crippen molar-refractivity contribution >= 4 is 17.3 Å². The molecule has 2 aromatic heterocycles. The summed E-state index contributed by atoms with van der Waals surface area (Å²) in [5, 5.41) is 11.8. The minimum atomic E-state index is -2.98. The topological polar surface area (TPSA) is 94.4 Å². The quantitative estimate of drug-likeness (QED) is 0.605. The highest BCUT2D eigenvalue weighted by Crippen LogP contribution is 2.23. The summed E-state index contributed by atoms with van der Waals surface area (Å²) in [6.07, 6.45) is 3.99. The summed E-state index contributed by atoms with van der Waals surface area (Å²) in [6, 6.07) is 3.03. The molecule has 0 saturated carbocycles. The van der Waals surface area contributed by atoms with Gasteiger partial charge in [0.25, 0.3) is 5.91 Å². The Bertz CT molecular complexity index is 961. The Labute approximate surface area is 186 Å². The molecule has 1 saturated heterocycles. The van der Waals surface area contributed by atoms with Crippen LogP contribution >= 0.6 is 0 Å². The second kappa shape index (κ2) is 10.4. The molecule has 3 heterocycles. The fraction of sp³-hybridized carbons (Fsp3) is 0.455. The van der Waals surface area contributed by atoms with Crippen molar-refractivity contribution < 1.29 is 18.3 Å². The van der Waals surface area contributed by atoms with E-state index in [0.29, 0.717) is 30.0 Å². The molecule has 1 fully saturated rings. The van der Waals surface area contributed by atoms with E-state index >= 15 is 0 Å². The first kappa shape index (κ1) is 23.5. The number of carbonyl (C=O) groups excluding carboxylic acids is 1. The number of hydrogen-bond donors (Lipinski definition) is 2. The van der Waals surface area contributed by atoms with Crippen molar-refractivity contribution in [2.24, 2.45) is 0 Å². The predicted molar refractivity (Wildman–Crippen MR) is 118 cm³/mol. The molecule has 0 atom stereocenters. The number of carbonyl (C=O) groups is 1. The lowest BCUT2D eigenvalue weighted by atomic mass is 10.1. The van der Waals surface area contributed by atoms with Gasteiger partial charge in [-0.25, -0.2) is 0 Å². The summed E-state index contributed by atoms with van der Waals surface area (Å²) in [5.41, 5.74) is 1.50. The van der Waals surface area contributed by atoms with Gasteiger partial charge in [-0.3, -0.25) is 20.2 Å². The Hall–Kier alpha value is -3.14. The van der Waals surface area contributed by atoms with E-state index in [-0.39, 0.29) is 29.0 Å². The number of aromatic nitrogens is 2. The summed E-state index contributed by atoms with van der Waals surface area (Å²) in [7, 11) is 0. The maximum Gasteiger partial charge on any atom is 0.387 e. The first-order valence-electron chi connectivity index (χ1n) is 10.6. The molecule has 1 aliphatic heterocycles. The van der Waals surface area contributed by atoms with E-state index in [9.17, 15) is 13.6 Å². The summed E-state index contributed by atoms with van der Waals surface area (Å²) in [5.74, 6) is -0.245. The van der Waals surface area contributed by atoms with Crippen LogP contribution in [0.15, 0.2) is 30.7 Å². The van der Waals surface area contributed by atoms with Crippen LogP contribution < -0.4 is 10.1 Å². The number of piperazine rings is 1. The van der Waals surface area contributed by atoms with Crippen LogP contribution in [0, 0.1) is 5.41 Å². The van der Waals surface area contributed by atoms with Gasteiger partial charge in [-0.15, -0.1) is 0 Å². The Morgan fingerprint density at radius 2 is 1.88 bits per heavy atom. The Kier molecular flexibility index (Phi) is 7.68. The van der Waals surface area contributed by atoms with Gasteiger partial charge in [0.05, 0.1) is 23.2 Å². The molecule has 0 aromatic carbocycles. The van der Waals surface area contributed by atoms with E-state index in [1.54, 1.807) is 6.07 Å². The van der Waals surface area contributed by atoms with Gasteiger partial charge in [0.2, 0.25) is 0 Å². The smallest absolute Gasteiger partial charge is 0.387 e. The van der Waals surface area contributed by atoms with E-state index in [0.717, 1.165) is 25.8 Å². The van der Waals surface area contributed by atoms with Crippen molar-refractivity contribution in [3.8, 4) is 5.75 Å². The van der Waals surface area contributed by atoms with E-state index in [2.05, 4.69) is 31.8 Å². The fourth-order valence-corrected chi connectivity index (χ4v) is 3.51. The van der Waals surface area contributed by atoms with Crippen LogP contribution in [-0.4, -0.2) is 76.8 Å². The van der Waals surface area contributed by atoms with Crippen molar-refractivity contribution in [2.45, 2.75) is 33.4 Å². The average Bonchev–Trinajstić information content (AvgIpc) is 2.77. The number of nitrogens with zero attached hydrogens (tertiary/aromatic N) is 4. The SMILES string of the molecule is CCN1CCN(C(=O)c2cnc(C(=N)c3cncc(OC(F)F)c3)c(NC(C)C)c2)CC1. The number of halogens is 2. The van der Waals surface area contributed by atoms with Crippen LogP contribution in [0.3, 0.4) is 0 Å². The van der Waals surface area contributed by atoms with Crippen molar-refractivity contribution in [2.75, 3.05) is 38.0 Å². The molecule has 0 aliphatic carbocycles. The molecule has 0 radical (unpaired) electrons. The fourth-order valence-electron chi connectivity index (χ4n) is 3.51. The summed E-state index contributed by atoms with van der Waals surface area (Å²) in [4.78, 5) is 25.4. The highest BCUT2D eigenvalue weighted by atomic mass is 19.3. The summed E-state index contributed by atoms with van der Waals surface area (Å²) >= 11 is 0. The minimum absolute atomic E-state index is 0.0177. The van der Waals surface area contributed by atoms with Crippen LogP contribution in [-0.2, 0) is 0 Å². The van der Waals surface area contributed by atoms with E-state index in [1.807, 2.05) is 18.7 Å². The number of anilines is 1. The molecule has 8 nitrogen and oxygen atoms in total. The summed E-state index contributed by atoms with van der Waals surface area (Å²) < 4.78 is 29.5. The number of ether oxygens (including phenoxy) is 1. The molecule has 0 unspecified atom stereocenters. The van der Waals surface area contributed by atoms with E-state index in [1.165, 1.54) is 18.5 Å². The van der Waals surface area contributed by atoms with Gasteiger partial charge < -0.3 is 19.9 Å². The minimum Gasteiger partial charge on any atom is -0.433 e. The van der Waals surface area contributed by atoms with Crippen molar-refractivity contribution in [3.63, 3.8) is 0 Å². The highest BCUT2D eigenvalue weighted by Gasteiger charge is 2.23. The van der Waals surface area contributed by atoms with Crippen LogP contribution in [0.4, 0.5) is 14.5 Å². The zero-order valence-corrected chi connectivity index (χ0v) is 18.4. The number of nitrogens with one attached hydrogen (secondary N) is 2. The van der Waals surface area contributed by atoms with Crippen LogP contribution in [0.25, 0.3) is 0 Å². The molecule has 2 aromatic rings. The molecule has 172 valence electrons. The molecule has 3 rings (SSSR count). The molecule has 32 heavy (non-hydrogen) atoms. The molecule has 2 N–H and O–H groups in total. The molecule has 0 spiro atoms. The van der Waals surface area contributed by atoms with E-state index < -0.39 is 6.61 Å². The van der Waals surface area contributed by atoms with Crippen molar-refractivity contribution in [1.29, 1.82) is 5.41 Å². The van der Waals surface area contributed by atoms with E-state index in [4.69, 9.17) is 5.41 Å². The van der Waals surface area contributed by atoms with Gasteiger partial charge in [0, 0.05) is 50.2 Å². The summed E-state index contributed by atoms with van der Waals surface area (Å²) in [6.45, 7) is 6.92.